The van der Waals surface area contributed by atoms with Gasteiger partial charge < -0.3 is 9.47 Å². The second-order valence-corrected chi connectivity index (χ2v) is 17.2. The van der Waals surface area contributed by atoms with E-state index in [4.69, 9.17) is 0 Å². The van der Waals surface area contributed by atoms with Gasteiger partial charge in [0.2, 0.25) is 0 Å². The van der Waals surface area contributed by atoms with Gasteiger partial charge in [0.25, 0.3) is 0 Å². The van der Waals surface area contributed by atoms with Crippen molar-refractivity contribution in [2.45, 2.75) is 11.3 Å². The first-order chi connectivity index (χ1) is 31.7. The molecule has 300 valence electrons. The summed E-state index contributed by atoms with van der Waals surface area (Å²) in [5.41, 5.74) is 20.6. The van der Waals surface area contributed by atoms with Crippen LogP contribution in [0, 0.1) is 0 Å². The molecule has 13 rings (SSSR count). The number of rotatable bonds is 6. The SMILES string of the molecule is C1=CC2=CC(C=C1)c1ccc(N(c3ccc(-c4ccccc4)cc3)c3ccc(-c4ccc5c(c4)c4ccccc4n5-c4ccccc4)cc3)cc1C21c2ccccc2-c2ccccc21. The van der Waals surface area contributed by atoms with Gasteiger partial charge >= 0.3 is 0 Å². The molecular weight excluding hydrogens is 773 g/mol. The topological polar surface area (TPSA) is 8.17 Å². The van der Waals surface area contributed by atoms with Gasteiger partial charge in [0.1, 0.15) is 0 Å². The fourth-order valence-corrected chi connectivity index (χ4v) is 11.1. The van der Waals surface area contributed by atoms with Gasteiger partial charge in [-0.1, -0.05) is 182 Å². The minimum Gasteiger partial charge on any atom is -0.310 e. The van der Waals surface area contributed by atoms with Gasteiger partial charge in [0, 0.05) is 39.4 Å². The van der Waals surface area contributed by atoms with Crippen molar-refractivity contribution in [3.05, 3.63) is 277 Å². The van der Waals surface area contributed by atoms with Gasteiger partial charge in [-0.3, -0.25) is 0 Å². The van der Waals surface area contributed by atoms with Crippen molar-refractivity contribution in [1.29, 1.82) is 0 Å². The first kappa shape index (κ1) is 36.5. The van der Waals surface area contributed by atoms with E-state index in [0.717, 1.165) is 17.1 Å². The van der Waals surface area contributed by atoms with Crippen molar-refractivity contribution in [1.82, 2.24) is 4.57 Å². The molecule has 9 aromatic carbocycles. The third-order valence-corrected chi connectivity index (χ3v) is 13.9. The third-order valence-electron chi connectivity index (χ3n) is 13.9. The van der Waals surface area contributed by atoms with E-state index in [-0.39, 0.29) is 5.92 Å². The van der Waals surface area contributed by atoms with Crippen LogP contribution in [0.4, 0.5) is 17.1 Å². The lowest BCUT2D eigenvalue weighted by Crippen LogP contribution is -2.33. The second-order valence-electron chi connectivity index (χ2n) is 17.2. The molecule has 2 heteroatoms. The average molecular weight is 815 g/mol. The van der Waals surface area contributed by atoms with Crippen LogP contribution >= 0.6 is 0 Å². The Morgan fingerprint density at radius 1 is 0.406 bits per heavy atom. The van der Waals surface area contributed by atoms with E-state index in [0.29, 0.717) is 0 Å². The van der Waals surface area contributed by atoms with E-state index in [1.165, 1.54) is 88.7 Å². The molecule has 10 aromatic rings. The molecule has 0 aliphatic heterocycles. The van der Waals surface area contributed by atoms with Gasteiger partial charge in [0.05, 0.1) is 16.4 Å². The summed E-state index contributed by atoms with van der Waals surface area (Å²) in [6.45, 7) is 0. The highest BCUT2D eigenvalue weighted by Gasteiger charge is 2.50. The standard InChI is InChI=1S/C62H42N2/c1-3-15-42(16-4-1)43-27-32-49(33-28-43)63(50-34-29-44(30-35-50)45-31-38-61-56(40-45)55-23-11-14-26-60(55)64(61)48-19-5-2-6-20-48)51-36-37-52-46-17-7-8-18-47(39-46)62(59(52)41-51)57-24-12-9-21-53(57)54-22-10-13-25-58(54)62/h1-41,46H. The van der Waals surface area contributed by atoms with Gasteiger partial charge in [-0.15, -0.1) is 0 Å². The van der Waals surface area contributed by atoms with E-state index in [1.807, 2.05) is 0 Å². The Morgan fingerprint density at radius 3 is 1.69 bits per heavy atom. The quantitative estimate of drug-likeness (QED) is 0.162. The molecule has 3 aliphatic carbocycles. The molecular formula is C62H42N2. The molecule has 0 N–H and O–H groups in total. The number of hydrogen-bond donors (Lipinski definition) is 0. The Balaban J connectivity index is 0.972. The number of fused-ring (bicyclic) bond motifs is 13. The van der Waals surface area contributed by atoms with Crippen LogP contribution in [0.5, 0.6) is 0 Å². The van der Waals surface area contributed by atoms with Crippen LogP contribution in [-0.2, 0) is 5.41 Å². The monoisotopic (exact) mass is 814 g/mol. The summed E-state index contributed by atoms with van der Waals surface area (Å²) in [5.74, 6) is 0.177. The first-order valence-corrected chi connectivity index (χ1v) is 22.3. The summed E-state index contributed by atoms with van der Waals surface area (Å²) in [7, 11) is 0. The van der Waals surface area contributed by atoms with Crippen molar-refractivity contribution >= 4 is 38.9 Å². The van der Waals surface area contributed by atoms with Gasteiger partial charge in [-0.25, -0.2) is 0 Å². The summed E-state index contributed by atoms with van der Waals surface area (Å²) in [6, 6.07) is 80.5. The Kier molecular flexibility index (Phi) is 8.23. The summed E-state index contributed by atoms with van der Waals surface area (Å²) in [4.78, 5) is 2.44. The van der Waals surface area contributed by atoms with Crippen molar-refractivity contribution in [2.24, 2.45) is 0 Å². The van der Waals surface area contributed by atoms with Crippen molar-refractivity contribution in [2.75, 3.05) is 4.90 Å². The molecule has 3 aliphatic rings. The van der Waals surface area contributed by atoms with Gasteiger partial charge in [-0.05, 0) is 128 Å². The molecule has 1 spiro atoms. The van der Waals surface area contributed by atoms with Crippen LogP contribution in [0.2, 0.25) is 0 Å². The van der Waals surface area contributed by atoms with E-state index in [9.17, 15) is 0 Å². The Bertz CT molecular complexity index is 3490. The van der Waals surface area contributed by atoms with Crippen LogP contribution in [0.3, 0.4) is 0 Å². The minimum absolute atomic E-state index is 0.177. The smallest absolute Gasteiger partial charge is 0.0714 e. The van der Waals surface area contributed by atoms with E-state index < -0.39 is 5.41 Å². The number of benzene rings is 9. The lowest BCUT2D eigenvalue weighted by Gasteiger charge is -2.41. The number of nitrogens with zero attached hydrogens (tertiary/aromatic N) is 2. The highest BCUT2D eigenvalue weighted by Crippen LogP contribution is 2.61. The fourth-order valence-electron chi connectivity index (χ4n) is 11.1. The predicted octanol–water partition coefficient (Wildman–Crippen LogP) is 16.1. The lowest BCUT2D eigenvalue weighted by atomic mass is 9.61. The molecule has 1 unspecified atom stereocenters. The maximum atomic E-state index is 2.50. The second kappa shape index (κ2) is 14.4. The van der Waals surface area contributed by atoms with Crippen LogP contribution in [0.25, 0.3) is 60.9 Å². The summed E-state index contributed by atoms with van der Waals surface area (Å²) in [5, 5.41) is 2.50. The van der Waals surface area contributed by atoms with Crippen LogP contribution in [0.15, 0.2) is 254 Å². The van der Waals surface area contributed by atoms with Crippen molar-refractivity contribution in [3.63, 3.8) is 0 Å². The fraction of sp³-hybridized carbons (Fsp3) is 0.0323. The normalized spacial score (nSPS) is 15.1. The number of anilines is 3. The number of para-hydroxylation sites is 2. The van der Waals surface area contributed by atoms with E-state index in [2.05, 4.69) is 258 Å². The highest BCUT2D eigenvalue weighted by molar-refractivity contribution is 6.10. The minimum atomic E-state index is -0.452. The van der Waals surface area contributed by atoms with E-state index in [1.54, 1.807) is 0 Å². The van der Waals surface area contributed by atoms with Gasteiger partial charge in [-0.2, -0.15) is 0 Å². The molecule has 0 saturated carbocycles. The zero-order valence-electron chi connectivity index (χ0n) is 35.1. The number of aromatic nitrogens is 1. The molecule has 1 atom stereocenters. The third kappa shape index (κ3) is 5.46. The van der Waals surface area contributed by atoms with Crippen LogP contribution in [-0.4, -0.2) is 4.57 Å². The zero-order valence-corrected chi connectivity index (χ0v) is 35.1. The molecule has 0 fully saturated rings. The molecule has 1 aromatic heterocycles. The highest BCUT2D eigenvalue weighted by atomic mass is 15.1. The number of allylic oxidation sites excluding steroid dienone is 6. The average Bonchev–Trinajstić information content (AvgIpc) is 3.74. The summed E-state index contributed by atoms with van der Waals surface area (Å²) < 4.78 is 2.38. The Labute approximate surface area is 373 Å². The van der Waals surface area contributed by atoms with Crippen molar-refractivity contribution in [3.8, 4) is 39.1 Å². The van der Waals surface area contributed by atoms with E-state index >= 15 is 0 Å². The molecule has 0 radical (unpaired) electrons. The predicted molar refractivity (Wildman–Crippen MR) is 267 cm³/mol. The molecule has 2 bridgehead atoms. The van der Waals surface area contributed by atoms with Gasteiger partial charge in [0.15, 0.2) is 0 Å². The first-order valence-electron chi connectivity index (χ1n) is 22.3. The number of hydrogen-bond acceptors (Lipinski definition) is 1. The molecule has 0 amide bonds. The summed E-state index contributed by atoms with van der Waals surface area (Å²) >= 11 is 0. The van der Waals surface area contributed by atoms with Crippen molar-refractivity contribution < 1.29 is 0 Å². The summed E-state index contributed by atoms with van der Waals surface area (Å²) in [6.07, 6.45) is 11.6. The van der Waals surface area contributed by atoms with Crippen LogP contribution in [0.1, 0.15) is 28.2 Å². The largest absolute Gasteiger partial charge is 0.310 e. The Morgan fingerprint density at radius 2 is 0.969 bits per heavy atom. The maximum Gasteiger partial charge on any atom is 0.0714 e. The molecule has 2 nitrogen and oxygen atoms in total. The zero-order chi connectivity index (χ0) is 42.2. The molecule has 64 heavy (non-hydrogen) atoms. The molecule has 1 heterocycles. The molecule has 0 saturated heterocycles. The van der Waals surface area contributed by atoms with Crippen LogP contribution < -0.4 is 4.90 Å². The Hall–Kier alpha value is -8.20. The lowest BCUT2D eigenvalue weighted by molar-refractivity contribution is 0.721. The maximum absolute atomic E-state index is 2.50.